The number of aromatic nitrogens is 4. The van der Waals surface area contributed by atoms with E-state index >= 15 is 0 Å². The number of hydrogen-bond acceptors (Lipinski definition) is 9. The van der Waals surface area contributed by atoms with Crippen molar-refractivity contribution >= 4 is 41.8 Å². The van der Waals surface area contributed by atoms with Crippen LogP contribution in [0.4, 0.5) is 0 Å². The number of thioether (sulfide) groups is 2. The number of carbonyl (C=O) groups is 3. The molecule has 1 aromatic rings. The molecule has 1 aromatic heterocycles. The van der Waals surface area contributed by atoms with Gasteiger partial charge in [-0.1, -0.05) is 11.8 Å². The van der Waals surface area contributed by atoms with Crippen LogP contribution in [0.2, 0.25) is 0 Å². The first kappa shape index (κ1) is 17.2. The summed E-state index contributed by atoms with van der Waals surface area (Å²) in [5, 5.41) is 31.6. The first-order chi connectivity index (χ1) is 12.1. The molecule has 13 heteroatoms. The monoisotopic (exact) mass is 381 g/mol. The molecule has 0 spiro atoms. The average Bonchev–Trinajstić information content (AvgIpc) is 3.04. The molecule has 1 fully saturated rings. The van der Waals surface area contributed by atoms with E-state index in [1.165, 1.54) is 33.1 Å². The van der Waals surface area contributed by atoms with Gasteiger partial charge in [0.1, 0.15) is 23.7 Å². The lowest BCUT2D eigenvalue weighted by atomic mass is 10.0. The molecule has 1 saturated heterocycles. The highest BCUT2D eigenvalue weighted by molar-refractivity contribution is 8.01. The molecular weight excluding hydrogens is 370 g/mol. The molecule has 0 radical (unpaired) electrons. The van der Waals surface area contributed by atoms with Crippen LogP contribution in [0.15, 0.2) is 16.4 Å². The number of nitriles is 1. The number of fused-ring (bicyclic) bond motifs is 1. The summed E-state index contributed by atoms with van der Waals surface area (Å²) >= 11 is 2.58. The Hall–Kier alpha value is -2.59. The van der Waals surface area contributed by atoms with Gasteiger partial charge in [-0.2, -0.15) is 5.26 Å². The topological polar surface area (TPSA) is 154 Å². The van der Waals surface area contributed by atoms with E-state index in [2.05, 4.69) is 20.8 Å². The van der Waals surface area contributed by atoms with Gasteiger partial charge >= 0.3 is 5.97 Å². The van der Waals surface area contributed by atoms with Gasteiger partial charge in [0.2, 0.25) is 11.6 Å². The van der Waals surface area contributed by atoms with E-state index in [4.69, 9.17) is 5.26 Å². The van der Waals surface area contributed by atoms with Crippen LogP contribution in [0.3, 0.4) is 0 Å². The van der Waals surface area contributed by atoms with E-state index in [1.54, 1.807) is 0 Å². The van der Waals surface area contributed by atoms with Crippen molar-refractivity contribution in [2.24, 2.45) is 0 Å². The number of carboxylic acids is 1. The van der Waals surface area contributed by atoms with Crippen molar-refractivity contribution in [2.75, 3.05) is 11.5 Å². The summed E-state index contributed by atoms with van der Waals surface area (Å²) in [6.45, 7) is -0.0132. The number of rotatable bonds is 7. The molecule has 2 aliphatic rings. The number of carboxylic acid groups (broad SMARTS) is 1. The molecule has 2 N–H and O–H groups in total. The second-order valence-electron chi connectivity index (χ2n) is 5.00. The Balaban J connectivity index is 1.79. The minimum absolute atomic E-state index is 0.0132. The predicted molar refractivity (Wildman–Crippen MR) is 84.9 cm³/mol. The van der Waals surface area contributed by atoms with Crippen LogP contribution in [-0.4, -0.2) is 71.4 Å². The van der Waals surface area contributed by atoms with Crippen molar-refractivity contribution in [3.05, 3.63) is 11.3 Å². The predicted octanol–water partition coefficient (Wildman–Crippen LogP) is -1.34. The lowest BCUT2D eigenvalue weighted by molar-refractivity contribution is -0.149. The summed E-state index contributed by atoms with van der Waals surface area (Å²) in [5.74, 6) is -0.975. The number of tetrazole rings is 1. The smallest absolute Gasteiger partial charge is 0.352 e. The molecule has 0 aliphatic carbocycles. The third-order valence-corrected chi connectivity index (χ3v) is 5.98. The van der Waals surface area contributed by atoms with Gasteiger partial charge in [-0.05, 0) is 16.0 Å². The standard InChI is InChI=1S/C12H11N7O4S2/c13-1-2-18-12(15-16-17-18)25-4-6-3-24-10-7(14-5-20)9(21)19(10)8(6)11(22)23/h5,7,10H,2-4H2,(H,14,20)(H,22,23)/t7?,10-/m1/s1. The van der Waals surface area contributed by atoms with Crippen molar-refractivity contribution in [1.82, 2.24) is 30.4 Å². The molecule has 1 unspecified atom stereocenters. The Bertz CT molecular complexity index is 802. The van der Waals surface area contributed by atoms with Crippen molar-refractivity contribution < 1.29 is 19.5 Å². The Morgan fingerprint density at radius 3 is 3.08 bits per heavy atom. The SMILES string of the molecule is N#CCn1nnnc1SCC1=C(C(=O)O)N2C(=O)C(NC=O)[C@H]2SC1. The maximum absolute atomic E-state index is 12.1. The molecule has 0 aromatic carbocycles. The fourth-order valence-corrected chi connectivity index (χ4v) is 4.88. The highest BCUT2D eigenvalue weighted by Crippen LogP contribution is 2.41. The summed E-state index contributed by atoms with van der Waals surface area (Å²) in [4.78, 5) is 35.5. The van der Waals surface area contributed by atoms with Gasteiger partial charge in [0.15, 0.2) is 0 Å². The van der Waals surface area contributed by atoms with Gasteiger partial charge < -0.3 is 10.4 Å². The van der Waals surface area contributed by atoms with Gasteiger partial charge in [0.05, 0.1) is 6.07 Å². The Kier molecular flexibility index (Phi) is 4.91. The van der Waals surface area contributed by atoms with E-state index in [-0.39, 0.29) is 18.0 Å². The highest BCUT2D eigenvalue weighted by Gasteiger charge is 2.53. The molecule has 2 atom stereocenters. The average molecular weight is 381 g/mol. The van der Waals surface area contributed by atoms with Crippen molar-refractivity contribution in [2.45, 2.75) is 23.1 Å². The summed E-state index contributed by atoms with van der Waals surface area (Å²) in [6, 6.07) is 1.23. The van der Waals surface area contributed by atoms with Crippen LogP contribution < -0.4 is 5.32 Å². The van der Waals surface area contributed by atoms with E-state index in [1.807, 2.05) is 6.07 Å². The number of nitrogens with one attached hydrogen (secondary N) is 1. The number of amides is 2. The molecule has 0 saturated carbocycles. The quantitative estimate of drug-likeness (QED) is 0.329. The third-order valence-electron chi connectivity index (χ3n) is 3.59. The van der Waals surface area contributed by atoms with E-state index in [0.717, 1.165) is 0 Å². The lowest BCUT2D eigenvalue weighted by Gasteiger charge is -2.49. The van der Waals surface area contributed by atoms with Gasteiger partial charge in [-0.25, -0.2) is 9.48 Å². The molecular formula is C12H11N7O4S2. The van der Waals surface area contributed by atoms with Crippen LogP contribution >= 0.6 is 23.5 Å². The second kappa shape index (κ2) is 7.11. The number of nitrogens with zero attached hydrogens (tertiary/aromatic N) is 6. The zero-order chi connectivity index (χ0) is 18.0. The van der Waals surface area contributed by atoms with Gasteiger partial charge in [0, 0.05) is 11.5 Å². The van der Waals surface area contributed by atoms with Crippen LogP contribution in [0.1, 0.15) is 0 Å². The molecule has 3 heterocycles. The molecule has 25 heavy (non-hydrogen) atoms. The van der Waals surface area contributed by atoms with Crippen LogP contribution in [0.25, 0.3) is 0 Å². The Morgan fingerprint density at radius 1 is 1.60 bits per heavy atom. The lowest BCUT2D eigenvalue weighted by Crippen LogP contribution is -2.69. The summed E-state index contributed by atoms with van der Waals surface area (Å²) in [5.41, 5.74) is 0.493. The van der Waals surface area contributed by atoms with Crippen molar-refractivity contribution in [1.29, 1.82) is 5.26 Å². The molecule has 2 aliphatic heterocycles. The molecule has 0 bridgehead atoms. The summed E-state index contributed by atoms with van der Waals surface area (Å²) in [7, 11) is 0. The third kappa shape index (κ3) is 3.05. The van der Waals surface area contributed by atoms with Gasteiger partial charge in [-0.15, -0.1) is 16.9 Å². The largest absolute Gasteiger partial charge is 0.477 e. The first-order valence-electron chi connectivity index (χ1n) is 6.94. The molecule has 3 rings (SSSR count). The maximum atomic E-state index is 12.1. The fraction of sp³-hybridized carbons (Fsp3) is 0.417. The van der Waals surface area contributed by atoms with Crippen LogP contribution in [0.5, 0.6) is 0 Å². The number of aliphatic carboxylic acids is 1. The van der Waals surface area contributed by atoms with Crippen LogP contribution in [0, 0.1) is 11.3 Å². The number of β-lactam (4-membered cyclic amide) rings is 1. The number of carbonyl (C=O) groups excluding carboxylic acids is 2. The van der Waals surface area contributed by atoms with Crippen molar-refractivity contribution in [3.63, 3.8) is 0 Å². The summed E-state index contributed by atoms with van der Waals surface area (Å²) in [6.07, 6.45) is 0.436. The van der Waals surface area contributed by atoms with Crippen molar-refractivity contribution in [3.8, 4) is 6.07 Å². The molecule has 11 nitrogen and oxygen atoms in total. The minimum atomic E-state index is -1.20. The summed E-state index contributed by atoms with van der Waals surface area (Å²) < 4.78 is 1.31. The zero-order valence-corrected chi connectivity index (χ0v) is 14.2. The van der Waals surface area contributed by atoms with E-state index < -0.39 is 23.3 Å². The van der Waals surface area contributed by atoms with E-state index in [9.17, 15) is 19.5 Å². The minimum Gasteiger partial charge on any atom is -0.477 e. The van der Waals surface area contributed by atoms with Gasteiger partial charge in [0.25, 0.3) is 5.91 Å². The fourth-order valence-electron chi connectivity index (χ4n) is 2.51. The van der Waals surface area contributed by atoms with Crippen LogP contribution in [-0.2, 0) is 20.9 Å². The Labute approximate surface area is 149 Å². The Morgan fingerprint density at radius 2 is 2.40 bits per heavy atom. The highest BCUT2D eigenvalue weighted by atomic mass is 32.2. The molecule has 2 amide bonds. The second-order valence-corrected chi connectivity index (χ2v) is 7.04. The van der Waals surface area contributed by atoms with Gasteiger partial charge in [-0.3, -0.25) is 14.5 Å². The zero-order valence-electron chi connectivity index (χ0n) is 12.5. The number of hydrogen-bond donors (Lipinski definition) is 2. The maximum Gasteiger partial charge on any atom is 0.352 e. The normalized spacial score (nSPS) is 22.0. The molecule has 130 valence electrons. The first-order valence-corrected chi connectivity index (χ1v) is 8.97. The van der Waals surface area contributed by atoms with E-state index in [0.29, 0.717) is 22.9 Å².